The summed E-state index contributed by atoms with van der Waals surface area (Å²) in [5.41, 5.74) is 1.05. The molecule has 1 aromatic rings. The van der Waals surface area contributed by atoms with Crippen LogP contribution >= 0.6 is 12.2 Å². The molecule has 20 heavy (non-hydrogen) atoms. The van der Waals surface area contributed by atoms with Gasteiger partial charge in [-0.15, -0.1) is 0 Å². The first-order valence-corrected chi connectivity index (χ1v) is 7.65. The second kappa shape index (κ2) is 7.60. The van der Waals surface area contributed by atoms with Crippen LogP contribution < -0.4 is 4.74 Å². The lowest BCUT2D eigenvalue weighted by molar-refractivity contribution is 0.139. The molecular weight excluding hydrogens is 272 g/mol. The van der Waals surface area contributed by atoms with Crippen LogP contribution in [0.3, 0.4) is 0 Å². The van der Waals surface area contributed by atoms with Crippen molar-refractivity contribution in [3.63, 3.8) is 0 Å². The molecule has 0 radical (unpaired) electrons. The Morgan fingerprint density at radius 3 is 2.85 bits per heavy atom. The van der Waals surface area contributed by atoms with Crippen LogP contribution in [0.25, 0.3) is 0 Å². The fourth-order valence-electron chi connectivity index (χ4n) is 2.08. The van der Waals surface area contributed by atoms with Gasteiger partial charge in [-0.05, 0) is 44.2 Å². The van der Waals surface area contributed by atoms with Crippen molar-refractivity contribution in [3.8, 4) is 5.75 Å². The van der Waals surface area contributed by atoms with Crippen molar-refractivity contribution >= 4 is 17.5 Å². The molecule has 4 heteroatoms. The molecule has 0 N–H and O–H groups in total. The first-order chi connectivity index (χ1) is 9.69. The van der Waals surface area contributed by atoms with Crippen LogP contribution in [0.2, 0.25) is 0 Å². The highest BCUT2D eigenvalue weighted by atomic mass is 32.1. The summed E-state index contributed by atoms with van der Waals surface area (Å²) in [6, 6.07) is 7.79. The highest BCUT2D eigenvalue weighted by Crippen LogP contribution is 2.20. The van der Waals surface area contributed by atoms with Crippen LogP contribution in [0.4, 0.5) is 0 Å². The number of ether oxygens (including phenoxy) is 3. The van der Waals surface area contributed by atoms with E-state index in [1.807, 2.05) is 31.2 Å². The van der Waals surface area contributed by atoms with Gasteiger partial charge in [0.2, 0.25) is 0 Å². The Hall–Kier alpha value is -1.13. The van der Waals surface area contributed by atoms with Crippen molar-refractivity contribution in [2.75, 3.05) is 6.61 Å². The van der Waals surface area contributed by atoms with Crippen LogP contribution in [0, 0.1) is 6.92 Å². The van der Waals surface area contributed by atoms with E-state index in [9.17, 15) is 0 Å². The second-order valence-electron chi connectivity index (χ2n) is 5.15. The van der Waals surface area contributed by atoms with Crippen LogP contribution in [0.5, 0.6) is 5.75 Å². The Balaban J connectivity index is 1.74. The zero-order valence-electron chi connectivity index (χ0n) is 12.1. The summed E-state index contributed by atoms with van der Waals surface area (Å²) < 4.78 is 16.5. The quantitative estimate of drug-likeness (QED) is 0.561. The molecule has 1 fully saturated rings. The number of benzene rings is 1. The highest BCUT2D eigenvalue weighted by molar-refractivity contribution is 7.79. The third-order valence-electron chi connectivity index (χ3n) is 3.46. The third-order valence-corrected chi connectivity index (χ3v) is 3.64. The SMILES string of the molecule is CCC(CCC[C@H]1CO1)OC(=S)Oc1ccccc1C. The van der Waals surface area contributed by atoms with Crippen molar-refractivity contribution < 1.29 is 14.2 Å². The summed E-state index contributed by atoms with van der Waals surface area (Å²) >= 11 is 5.18. The Kier molecular flexibility index (Phi) is 5.80. The van der Waals surface area contributed by atoms with E-state index in [2.05, 4.69) is 6.92 Å². The molecule has 0 amide bonds. The van der Waals surface area contributed by atoms with Gasteiger partial charge in [-0.25, -0.2) is 0 Å². The normalized spacial score (nSPS) is 18.4. The van der Waals surface area contributed by atoms with E-state index < -0.39 is 0 Å². The smallest absolute Gasteiger partial charge is 0.358 e. The van der Waals surface area contributed by atoms with Gasteiger partial charge >= 0.3 is 5.24 Å². The molecule has 1 aliphatic rings. The largest absolute Gasteiger partial charge is 0.453 e. The van der Waals surface area contributed by atoms with Crippen LogP contribution in [-0.4, -0.2) is 24.1 Å². The molecular formula is C16H22O3S. The average molecular weight is 294 g/mol. The number of rotatable bonds is 7. The minimum atomic E-state index is 0.130. The molecule has 1 unspecified atom stereocenters. The Morgan fingerprint density at radius 1 is 1.45 bits per heavy atom. The van der Waals surface area contributed by atoms with Gasteiger partial charge in [0.15, 0.2) is 0 Å². The highest BCUT2D eigenvalue weighted by Gasteiger charge is 2.22. The summed E-state index contributed by atoms with van der Waals surface area (Å²) in [5.74, 6) is 0.763. The maximum absolute atomic E-state index is 5.73. The van der Waals surface area contributed by atoms with Gasteiger partial charge in [0.1, 0.15) is 11.9 Å². The number of hydrogen-bond acceptors (Lipinski definition) is 4. The Labute approximate surface area is 126 Å². The summed E-state index contributed by atoms with van der Waals surface area (Å²) in [6.07, 6.45) is 4.77. The van der Waals surface area contributed by atoms with E-state index in [1.54, 1.807) is 0 Å². The van der Waals surface area contributed by atoms with Crippen LogP contribution in [-0.2, 0) is 9.47 Å². The predicted octanol–water partition coefficient (Wildman–Crippen LogP) is 4.02. The number of epoxide rings is 1. The molecule has 0 aromatic heterocycles. The number of hydrogen-bond donors (Lipinski definition) is 0. The zero-order valence-corrected chi connectivity index (χ0v) is 12.9. The van der Waals surface area contributed by atoms with Crippen molar-refractivity contribution in [1.82, 2.24) is 0 Å². The first kappa shape index (κ1) is 15.3. The number of para-hydroxylation sites is 1. The van der Waals surface area contributed by atoms with Crippen molar-refractivity contribution in [1.29, 1.82) is 0 Å². The zero-order chi connectivity index (χ0) is 14.4. The molecule has 110 valence electrons. The van der Waals surface area contributed by atoms with Gasteiger partial charge in [-0.3, -0.25) is 0 Å². The molecule has 1 aromatic carbocycles. The topological polar surface area (TPSA) is 31.0 Å². The maximum Gasteiger partial charge on any atom is 0.358 e. The molecule has 3 nitrogen and oxygen atoms in total. The molecule has 2 atom stereocenters. The Morgan fingerprint density at radius 2 is 2.20 bits per heavy atom. The summed E-state index contributed by atoms with van der Waals surface area (Å²) in [5, 5.41) is 0.217. The second-order valence-corrected chi connectivity index (χ2v) is 5.49. The third kappa shape index (κ3) is 5.10. The van der Waals surface area contributed by atoms with E-state index in [4.69, 9.17) is 26.4 Å². The van der Waals surface area contributed by atoms with Crippen LogP contribution in [0.1, 0.15) is 38.2 Å². The molecule has 0 aliphatic carbocycles. The van der Waals surface area contributed by atoms with E-state index in [1.165, 1.54) is 0 Å². The van der Waals surface area contributed by atoms with Crippen molar-refractivity contribution in [2.45, 2.75) is 51.7 Å². The van der Waals surface area contributed by atoms with Crippen molar-refractivity contribution in [2.24, 2.45) is 0 Å². The van der Waals surface area contributed by atoms with E-state index in [0.717, 1.165) is 43.6 Å². The molecule has 0 bridgehead atoms. The standard InChI is InChI=1S/C16H22O3S/c1-3-13(8-6-9-14-11-17-14)18-16(20)19-15-10-5-4-7-12(15)2/h4-5,7,10,13-14H,3,6,8-9,11H2,1-2H3/t13?,14-/m0/s1. The number of aryl methyl sites for hydroxylation is 1. The molecule has 1 heterocycles. The van der Waals surface area contributed by atoms with Gasteiger partial charge in [0, 0.05) is 12.2 Å². The molecule has 0 saturated carbocycles. The average Bonchev–Trinajstić information content (AvgIpc) is 3.24. The first-order valence-electron chi connectivity index (χ1n) is 7.24. The summed E-state index contributed by atoms with van der Waals surface area (Å²) in [6.45, 7) is 5.02. The van der Waals surface area contributed by atoms with E-state index in [-0.39, 0.29) is 11.3 Å². The predicted molar refractivity (Wildman–Crippen MR) is 83.2 cm³/mol. The fourth-order valence-corrected chi connectivity index (χ4v) is 2.30. The number of thiocarbonyl (C=S) groups is 1. The fraction of sp³-hybridized carbons (Fsp3) is 0.562. The van der Waals surface area contributed by atoms with E-state index in [0.29, 0.717) is 6.10 Å². The van der Waals surface area contributed by atoms with Gasteiger partial charge < -0.3 is 14.2 Å². The lowest BCUT2D eigenvalue weighted by Crippen LogP contribution is -2.20. The van der Waals surface area contributed by atoms with E-state index >= 15 is 0 Å². The summed E-state index contributed by atoms with van der Waals surface area (Å²) in [7, 11) is 0. The lowest BCUT2D eigenvalue weighted by Gasteiger charge is -2.18. The minimum absolute atomic E-state index is 0.130. The van der Waals surface area contributed by atoms with Gasteiger partial charge in [0.25, 0.3) is 0 Å². The lowest BCUT2D eigenvalue weighted by atomic mass is 10.1. The van der Waals surface area contributed by atoms with Crippen LogP contribution in [0.15, 0.2) is 24.3 Å². The molecule has 1 aliphatic heterocycles. The van der Waals surface area contributed by atoms with Gasteiger partial charge in [-0.2, -0.15) is 0 Å². The van der Waals surface area contributed by atoms with Gasteiger partial charge in [-0.1, -0.05) is 25.1 Å². The van der Waals surface area contributed by atoms with Gasteiger partial charge in [0.05, 0.1) is 12.7 Å². The molecule has 2 rings (SSSR count). The molecule has 0 spiro atoms. The summed E-state index contributed by atoms with van der Waals surface area (Å²) in [4.78, 5) is 0. The maximum atomic E-state index is 5.73. The monoisotopic (exact) mass is 294 g/mol. The Bertz CT molecular complexity index is 443. The van der Waals surface area contributed by atoms with Crippen molar-refractivity contribution in [3.05, 3.63) is 29.8 Å². The molecule has 1 saturated heterocycles. The minimum Gasteiger partial charge on any atom is -0.453 e.